The lowest BCUT2D eigenvalue weighted by molar-refractivity contribution is 0.166. The average Bonchev–Trinajstić information content (AvgIpc) is 2.85. The molecular weight excluding hydrogens is 261 g/mol. The summed E-state index contributed by atoms with van der Waals surface area (Å²) >= 11 is 0. The molecule has 5 heteroatoms. The maximum absolute atomic E-state index is 12.9. The third-order valence-corrected chi connectivity index (χ3v) is 3.54. The molecule has 108 valence electrons. The van der Waals surface area contributed by atoms with Crippen molar-refractivity contribution in [2.75, 3.05) is 19.8 Å². The van der Waals surface area contributed by atoms with Gasteiger partial charge < -0.3 is 9.84 Å². The summed E-state index contributed by atoms with van der Waals surface area (Å²) in [5, 5.41) is 9.62. The summed E-state index contributed by atoms with van der Waals surface area (Å²) in [4.78, 5) is 12.8. The van der Waals surface area contributed by atoms with Crippen LogP contribution in [0.3, 0.4) is 0 Å². The molecule has 0 saturated carbocycles. The van der Waals surface area contributed by atoms with Crippen LogP contribution in [0.15, 0.2) is 36.5 Å². The predicted molar refractivity (Wildman–Crippen MR) is 72.6 cm³/mol. The zero-order valence-electron chi connectivity index (χ0n) is 11.4. The smallest absolute Gasteiger partial charge is 0.413 e. The van der Waals surface area contributed by atoms with E-state index < -0.39 is 5.41 Å². The number of rotatable bonds is 5. The molecule has 2 rings (SSSR count). The van der Waals surface area contributed by atoms with E-state index in [0.29, 0.717) is 19.6 Å². The molecule has 1 aromatic carbocycles. The van der Waals surface area contributed by atoms with E-state index in [2.05, 4.69) is 0 Å². The van der Waals surface area contributed by atoms with E-state index in [1.54, 1.807) is 18.3 Å². The third-order valence-electron chi connectivity index (χ3n) is 3.54. The van der Waals surface area contributed by atoms with E-state index in [9.17, 15) is 14.3 Å². The number of aliphatic hydroxyl groups is 1. The zero-order chi connectivity index (χ0) is 14.6. The van der Waals surface area contributed by atoms with E-state index in [-0.39, 0.29) is 18.5 Å². The Morgan fingerprint density at radius 3 is 2.70 bits per heavy atom. The van der Waals surface area contributed by atoms with Crippen LogP contribution < -0.4 is 0 Å². The van der Waals surface area contributed by atoms with Gasteiger partial charge in [0.05, 0.1) is 13.2 Å². The number of nitrogens with zero attached hydrogens (tertiary/aromatic N) is 1. The number of benzene rings is 1. The van der Waals surface area contributed by atoms with Crippen LogP contribution in [-0.4, -0.2) is 35.9 Å². The normalized spacial score (nSPS) is 18.4. The van der Waals surface area contributed by atoms with Gasteiger partial charge in [-0.1, -0.05) is 25.1 Å². The van der Waals surface area contributed by atoms with Gasteiger partial charge in [0.25, 0.3) is 0 Å². The Morgan fingerprint density at radius 2 is 2.15 bits per heavy atom. The maximum atomic E-state index is 12.9. The highest BCUT2D eigenvalue weighted by molar-refractivity contribution is 5.70. The number of cyclic esters (lactones) is 1. The Labute approximate surface area is 117 Å². The highest BCUT2D eigenvalue weighted by Crippen LogP contribution is 2.28. The lowest BCUT2D eigenvalue weighted by Crippen LogP contribution is -2.26. The number of carbonyl (C=O) groups excluding carboxylic acids is 1. The number of carbonyl (C=O) groups is 1. The highest BCUT2D eigenvalue weighted by Gasteiger charge is 2.25. The molecule has 1 N–H and O–H groups in total. The lowest BCUT2D eigenvalue weighted by atomic mass is 9.80. The molecule has 4 nitrogen and oxygen atoms in total. The van der Waals surface area contributed by atoms with Gasteiger partial charge in [0.2, 0.25) is 0 Å². The second kappa shape index (κ2) is 6.05. The first-order chi connectivity index (χ1) is 9.55. The quantitative estimate of drug-likeness (QED) is 0.900. The maximum Gasteiger partial charge on any atom is 0.413 e. The molecule has 1 saturated heterocycles. The van der Waals surface area contributed by atoms with Crippen LogP contribution in [0.5, 0.6) is 0 Å². The van der Waals surface area contributed by atoms with Crippen molar-refractivity contribution in [3.05, 3.63) is 47.9 Å². The molecular formula is C15H18FNO3. The first-order valence-electron chi connectivity index (χ1n) is 6.52. The minimum absolute atomic E-state index is 0.0621. The molecule has 1 amide bonds. The van der Waals surface area contributed by atoms with Gasteiger partial charge in [-0.15, -0.1) is 0 Å². The zero-order valence-corrected chi connectivity index (χ0v) is 11.4. The first-order valence-corrected chi connectivity index (χ1v) is 6.52. The molecule has 0 aromatic heterocycles. The second-order valence-electron chi connectivity index (χ2n) is 5.12. The molecule has 1 aliphatic heterocycles. The minimum Gasteiger partial charge on any atom is -0.447 e. The van der Waals surface area contributed by atoms with Crippen molar-refractivity contribution in [2.45, 2.75) is 18.8 Å². The van der Waals surface area contributed by atoms with Gasteiger partial charge in [0, 0.05) is 11.6 Å². The standard InChI is InChI=1S/C15H18FNO3/c1-15(11-18,12-3-5-13(16)6-4-12)7-2-8-17-9-10-20-14(17)19/h2-6,8,18H,7,9-11H2,1H3/b8-2+. The number of amides is 1. The fourth-order valence-corrected chi connectivity index (χ4v) is 2.11. The molecule has 0 aliphatic carbocycles. The Hall–Kier alpha value is -1.88. The minimum atomic E-state index is -0.506. The van der Waals surface area contributed by atoms with Crippen LogP contribution in [0.1, 0.15) is 18.9 Å². The Kier molecular flexibility index (Phi) is 4.39. The van der Waals surface area contributed by atoms with Crippen LogP contribution in [0.25, 0.3) is 0 Å². The van der Waals surface area contributed by atoms with Crippen LogP contribution in [-0.2, 0) is 10.2 Å². The Balaban J connectivity index is 2.05. The van der Waals surface area contributed by atoms with Crippen molar-refractivity contribution in [3.8, 4) is 0 Å². The van der Waals surface area contributed by atoms with E-state index in [4.69, 9.17) is 4.74 Å². The van der Waals surface area contributed by atoms with Gasteiger partial charge in [-0.05, 0) is 24.1 Å². The van der Waals surface area contributed by atoms with Gasteiger partial charge in [-0.25, -0.2) is 9.18 Å². The summed E-state index contributed by atoms with van der Waals surface area (Å²) < 4.78 is 17.8. The van der Waals surface area contributed by atoms with Gasteiger partial charge in [-0.2, -0.15) is 0 Å². The third kappa shape index (κ3) is 3.17. The number of aliphatic hydroxyl groups excluding tert-OH is 1. The number of hydrogen-bond acceptors (Lipinski definition) is 3. The van der Waals surface area contributed by atoms with Crippen LogP contribution >= 0.6 is 0 Å². The van der Waals surface area contributed by atoms with Crippen LogP contribution in [0.4, 0.5) is 9.18 Å². The summed E-state index contributed by atoms with van der Waals surface area (Å²) in [6, 6.07) is 6.10. The van der Waals surface area contributed by atoms with Crippen molar-refractivity contribution < 1.29 is 19.0 Å². The van der Waals surface area contributed by atoms with Crippen molar-refractivity contribution >= 4 is 6.09 Å². The SMILES string of the molecule is CC(CO)(C/C=C/N1CCOC1=O)c1ccc(F)cc1. The van der Waals surface area contributed by atoms with Crippen molar-refractivity contribution in [2.24, 2.45) is 0 Å². The molecule has 1 aliphatic rings. The van der Waals surface area contributed by atoms with Gasteiger partial charge >= 0.3 is 6.09 Å². The first kappa shape index (κ1) is 14.5. The summed E-state index contributed by atoms with van der Waals surface area (Å²) in [5.41, 5.74) is 0.350. The summed E-state index contributed by atoms with van der Waals surface area (Å²) in [7, 11) is 0. The van der Waals surface area contributed by atoms with Crippen molar-refractivity contribution in [1.82, 2.24) is 4.90 Å². The fourth-order valence-electron chi connectivity index (χ4n) is 2.11. The van der Waals surface area contributed by atoms with Crippen LogP contribution in [0, 0.1) is 5.82 Å². The topological polar surface area (TPSA) is 49.8 Å². The Morgan fingerprint density at radius 1 is 1.45 bits per heavy atom. The molecule has 1 atom stereocenters. The molecule has 1 fully saturated rings. The largest absolute Gasteiger partial charge is 0.447 e. The summed E-state index contributed by atoms with van der Waals surface area (Å²) in [6.07, 6.45) is 3.69. The van der Waals surface area contributed by atoms with E-state index in [1.807, 2.05) is 13.0 Å². The predicted octanol–water partition coefficient (Wildman–Crippen LogP) is 2.43. The van der Waals surface area contributed by atoms with E-state index >= 15 is 0 Å². The molecule has 0 bridgehead atoms. The highest BCUT2D eigenvalue weighted by atomic mass is 19.1. The average molecular weight is 279 g/mol. The molecule has 1 unspecified atom stereocenters. The molecule has 1 aromatic rings. The molecule has 0 spiro atoms. The monoisotopic (exact) mass is 279 g/mol. The molecule has 0 radical (unpaired) electrons. The Bertz CT molecular complexity index is 500. The molecule has 20 heavy (non-hydrogen) atoms. The number of ether oxygens (including phenoxy) is 1. The second-order valence-corrected chi connectivity index (χ2v) is 5.12. The van der Waals surface area contributed by atoms with Crippen molar-refractivity contribution in [1.29, 1.82) is 0 Å². The van der Waals surface area contributed by atoms with E-state index in [0.717, 1.165) is 5.56 Å². The van der Waals surface area contributed by atoms with Gasteiger partial charge in [0.1, 0.15) is 12.4 Å². The number of hydrogen-bond donors (Lipinski definition) is 1. The fraction of sp³-hybridized carbons (Fsp3) is 0.400. The summed E-state index contributed by atoms with van der Waals surface area (Å²) in [5.74, 6) is -0.301. The molecule has 1 heterocycles. The lowest BCUT2D eigenvalue weighted by Gasteiger charge is -2.26. The van der Waals surface area contributed by atoms with Gasteiger partial charge in [0.15, 0.2) is 0 Å². The van der Waals surface area contributed by atoms with Gasteiger partial charge in [-0.3, -0.25) is 4.90 Å². The van der Waals surface area contributed by atoms with E-state index in [1.165, 1.54) is 17.0 Å². The number of halogens is 1. The number of allylic oxidation sites excluding steroid dienone is 1. The van der Waals surface area contributed by atoms with Crippen LogP contribution in [0.2, 0.25) is 0 Å². The van der Waals surface area contributed by atoms with Crippen molar-refractivity contribution in [3.63, 3.8) is 0 Å². The summed E-state index contributed by atoms with van der Waals surface area (Å²) in [6.45, 7) is 2.78.